The molecule has 0 aliphatic carbocycles. The zero-order valence-corrected chi connectivity index (χ0v) is 17.0. The molecule has 1 fully saturated rings. The summed E-state index contributed by atoms with van der Waals surface area (Å²) in [5, 5.41) is 3.40. The Morgan fingerprint density at radius 3 is 2.46 bits per heavy atom. The highest BCUT2D eigenvalue weighted by Gasteiger charge is 2.27. The van der Waals surface area contributed by atoms with Crippen LogP contribution in [0.1, 0.15) is 24.0 Å². The molecule has 2 heterocycles. The number of guanidine groups is 1. The van der Waals surface area contributed by atoms with E-state index in [-0.39, 0.29) is 0 Å². The second kappa shape index (κ2) is 7.93. The Balaban J connectivity index is 1.42. The summed E-state index contributed by atoms with van der Waals surface area (Å²) in [6, 6.07) is 15.6. The monoisotopic (exact) mass is 398 g/mol. The number of fused-ring (bicyclic) bond motifs is 1. The van der Waals surface area contributed by atoms with Gasteiger partial charge in [-0.3, -0.25) is 4.99 Å². The summed E-state index contributed by atoms with van der Waals surface area (Å²) < 4.78 is 26.8. The molecule has 4 rings (SSSR count). The lowest BCUT2D eigenvalue weighted by atomic mass is 10.2. The first kappa shape index (κ1) is 19.0. The van der Waals surface area contributed by atoms with E-state index in [1.807, 2.05) is 18.2 Å². The van der Waals surface area contributed by atoms with E-state index in [1.54, 1.807) is 23.5 Å². The number of sulfonamides is 1. The van der Waals surface area contributed by atoms with Gasteiger partial charge in [0.15, 0.2) is 5.96 Å². The van der Waals surface area contributed by atoms with E-state index >= 15 is 0 Å². The minimum atomic E-state index is -3.36. The molecule has 0 spiro atoms. The normalized spacial score (nSPS) is 17.8. The number of aliphatic imine (C=N–C) groups is 1. The largest absolute Gasteiger partial charge is 0.352 e. The maximum Gasteiger partial charge on any atom is 0.243 e. The summed E-state index contributed by atoms with van der Waals surface area (Å²) in [5.41, 5.74) is 3.55. The SMILES string of the molecule is CN=C(NCc1ccc(S(=O)(=O)N2CCCC2)cc1)N1CCc2ccccc21. The molecule has 0 radical (unpaired) electrons. The van der Waals surface area contributed by atoms with Crippen molar-refractivity contribution in [3.63, 3.8) is 0 Å². The molecular weight excluding hydrogens is 372 g/mol. The van der Waals surface area contributed by atoms with E-state index < -0.39 is 10.0 Å². The Labute approximate surface area is 166 Å². The average molecular weight is 399 g/mol. The van der Waals surface area contributed by atoms with Gasteiger partial charge in [0, 0.05) is 38.9 Å². The van der Waals surface area contributed by atoms with E-state index in [0.717, 1.165) is 37.3 Å². The summed E-state index contributed by atoms with van der Waals surface area (Å²) in [6.45, 7) is 2.75. The van der Waals surface area contributed by atoms with Gasteiger partial charge < -0.3 is 10.2 Å². The van der Waals surface area contributed by atoms with Crippen molar-refractivity contribution >= 4 is 21.7 Å². The van der Waals surface area contributed by atoms with Crippen LogP contribution in [0.5, 0.6) is 0 Å². The van der Waals surface area contributed by atoms with Crippen LogP contribution in [0.3, 0.4) is 0 Å². The molecule has 1 N–H and O–H groups in total. The van der Waals surface area contributed by atoms with Crippen LogP contribution in [0.15, 0.2) is 58.4 Å². The number of nitrogens with one attached hydrogen (secondary N) is 1. The number of hydrogen-bond donors (Lipinski definition) is 1. The maximum absolute atomic E-state index is 12.6. The van der Waals surface area contributed by atoms with Gasteiger partial charge in [0.1, 0.15) is 0 Å². The van der Waals surface area contributed by atoms with Gasteiger partial charge >= 0.3 is 0 Å². The van der Waals surface area contributed by atoms with Gasteiger partial charge in [-0.15, -0.1) is 0 Å². The standard InChI is InChI=1S/C21H26N4O2S/c1-22-21(25-15-12-18-6-2-3-7-20(18)25)23-16-17-8-10-19(11-9-17)28(26,27)24-13-4-5-14-24/h2-3,6-11H,4-5,12-16H2,1H3,(H,22,23). The molecular formula is C21H26N4O2S. The van der Waals surface area contributed by atoms with Crippen molar-refractivity contribution in [1.29, 1.82) is 0 Å². The van der Waals surface area contributed by atoms with Crippen molar-refractivity contribution < 1.29 is 8.42 Å². The number of anilines is 1. The average Bonchev–Trinajstić information content (AvgIpc) is 3.40. The maximum atomic E-state index is 12.6. The van der Waals surface area contributed by atoms with Crippen LogP contribution >= 0.6 is 0 Å². The predicted molar refractivity (Wildman–Crippen MR) is 112 cm³/mol. The molecule has 0 amide bonds. The van der Waals surface area contributed by atoms with Crippen LogP contribution in [0.25, 0.3) is 0 Å². The van der Waals surface area contributed by atoms with Crippen LogP contribution in [0, 0.1) is 0 Å². The number of para-hydroxylation sites is 1. The third kappa shape index (κ3) is 3.64. The topological polar surface area (TPSA) is 65.0 Å². The molecule has 1 saturated heterocycles. The van der Waals surface area contributed by atoms with Crippen LogP contribution < -0.4 is 10.2 Å². The highest BCUT2D eigenvalue weighted by molar-refractivity contribution is 7.89. The first-order chi connectivity index (χ1) is 13.6. The Kier molecular flexibility index (Phi) is 5.37. The lowest BCUT2D eigenvalue weighted by molar-refractivity contribution is 0.477. The van der Waals surface area contributed by atoms with Gasteiger partial charge in [0.25, 0.3) is 0 Å². The summed E-state index contributed by atoms with van der Waals surface area (Å²) in [7, 11) is -1.57. The fourth-order valence-corrected chi connectivity index (χ4v) is 5.41. The van der Waals surface area contributed by atoms with Crippen molar-refractivity contribution in [2.24, 2.45) is 4.99 Å². The number of benzene rings is 2. The summed E-state index contributed by atoms with van der Waals surface area (Å²) in [4.78, 5) is 6.99. The molecule has 2 aromatic rings. The molecule has 2 aromatic carbocycles. The van der Waals surface area contributed by atoms with Gasteiger partial charge in [0.2, 0.25) is 10.0 Å². The Hall–Kier alpha value is -2.38. The molecule has 7 heteroatoms. The fourth-order valence-electron chi connectivity index (χ4n) is 3.89. The van der Waals surface area contributed by atoms with Crippen molar-refractivity contribution in [2.75, 3.05) is 31.6 Å². The van der Waals surface area contributed by atoms with E-state index in [0.29, 0.717) is 24.5 Å². The minimum absolute atomic E-state index is 0.371. The summed E-state index contributed by atoms with van der Waals surface area (Å²) in [6.07, 6.45) is 2.90. The molecule has 2 aliphatic heterocycles. The molecule has 0 unspecified atom stereocenters. The van der Waals surface area contributed by atoms with Crippen LogP contribution in [-0.4, -0.2) is 45.4 Å². The van der Waals surface area contributed by atoms with Gasteiger partial charge in [-0.25, -0.2) is 8.42 Å². The van der Waals surface area contributed by atoms with E-state index in [2.05, 4.69) is 33.4 Å². The predicted octanol–water partition coefficient (Wildman–Crippen LogP) is 2.61. The van der Waals surface area contributed by atoms with E-state index in [9.17, 15) is 8.42 Å². The lowest BCUT2D eigenvalue weighted by Gasteiger charge is -2.22. The van der Waals surface area contributed by atoms with Gasteiger partial charge in [-0.05, 0) is 48.6 Å². The second-order valence-corrected chi connectivity index (χ2v) is 9.12. The Morgan fingerprint density at radius 1 is 1.04 bits per heavy atom. The summed E-state index contributed by atoms with van der Waals surface area (Å²) in [5.74, 6) is 0.832. The molecule has 148 valence electrons. The van der Waals surface area contributed by atoms with E-state index in [1.165, 1.54) is 11.3 Å². The Morgan fingerprint density at radius 2 is 1.75 bits per heavy atom. The highest BCUT2D eigenvalue weighted by Crippen LogP contribution is 2.27. The third-order valence-corrected chi connectivity index (χ3v) is 7.34. The summed E-state index contributed by atoms with van der Waals surface area (Å²) >= 11 is 0. The zero-order chi connectivity index (χ0) is 19.6. The zero-order valence-electron chi connectivity index (χ0n) is 16.1. The number of hydrogen-bond acceptors (Lipinski definition) is 3. The fraction of sp³-hybridized carbons (Fsp3) is 0.381. The van der Waals surface area contributed by atoms with Crippen LogP contribution in [0.4, 0.5) is 5.69 Å². The van der Waals surface area contributed by atoms with Crippen molar-refractivity contribution in [3.05, 3.63) is 59.7 Å². The molecule has 0 bridgehead atoms. The van der Waals surface area contributed by atoms with Crippen molar-refractivity contribution in [2.45, 2.75) is 30.7 Å². The quantitative estimate of drug-likeness (QED) is 0.635. The highest BCUT2D eigenvalue weighted by atomic mass is 32.2. The first-order valence-corrected chi connectivity index (χ1v) is 11.2. The van der Waals surface area contributed by atoms with E-state index in [4.69, 9.17) is 0 Å². The van der Waals surface area contributed by atoms with Gasteiger partial charge in [0.05, 0.1) is 4.90 Å². The minimum Gasteiger partial charge on any atom is -0.352 e. The van der Waals surface area contributed by atoms with Gasteiger partial charge in [-0.1, -0.05) is 30.3 Å². The molecule has 28 heavy (non-hydrogen) atoms. The Bertz CT molecular complexity index is 964. The smallest absolute Gasteiger partial charge is 0.243 e. The van der Waals surface area contributed by atoms with Crippen LogP contribution in [0.2, 0.25) is 0 Å². The van der Waals surface area contributed by atoms with Gasteiger partial charge in [-0.2, -0.15) is 4.31 Å². The molecule has 0 saturated carbocycles. The third-order valence-electron chi connectivity index (χ3n) is 5.43. The van der Waals surface area contributed by atoms with Crippen molar-refractivity contribution in [3.8, 4) is 0 Å². The number of nitrogens with zero attached hydrogens (tertiary/aromatic N) is 3. The van der Waals surface area contributed by atoms with Crippen LogP contribution in [-0.2, 0) is 23.0 Å². The number of rotatable bonds is 4. The molecule has 0 aromatic heterocycles. The first-order valence-electron chi connectivity index (χ1n) is 9.75. The lowest BCUT2D eigenvalue weighted by Crippen LogP contribution is -2.40. The molecule has 6 nitrogen and oxygen atoms in total. The second-order valence-electron chi connectivity index (χ2n) is 7.19. The van der Waals surface area contributed by atoms with Crippen molar-refractivity contribution in [1.82, 2.24) is 9.62 Å². The molecule has 2 aliphatic rings. The molecule has 0 atom stereocenters.